The average molecular weight is 236 g/mol. The van der Waals surface area contributed by atoms with E-state index < -0.39 is 0 Å². The average Bonchev–Trinajstić information content (AvgIpc) is 3.00. The molecule has 1 aromatic rings. The van der Waals surface area contributed by atoms with Crippen molar-refractivity contribution in [3.05, 3.63) is 22.2 Å². The number of aromatic nitrogens is 2. The fraction of sp³-hybridized carbons (Fsp3) is 0.545. The summed E-state index contributed by atoms with van der Waals surface area (Å²) in [6.07, 6.45) is 2.58. The second kappa shape index (κ2) is 4.99. The van der Waals surface area contributed by atoms with E-state index >= 15 is 0 Å². The van der Waals surface area contributed by atoms with Crippen LogP contribution in [0, 0.1) is 6.92 Å². The number of nitrogens with one attached hydrogen (secondary N) is 3. The Balaban J connectivity index is 1.76. The Morgan fingerprint density at radius 3 is 3.00 bits per heavy atom. The van der Waals surface area contributed by atoms with Crippen LogP contribution in [0.5, 0.6) is 0 Å². The van der Waals surface area contributed by atoms with Gasteiger partial charge in [0, 0.05) is 25.1 Å². The highest BCUT2D eigenvalue weighted by Gasteiger charge is 2.22. The van der Waals surface area contributed by atoms with Crippen molar-refractivity contribution in [2.24, 2.45) is 0 Å². The second-order valence-electron chi connectivity index (χ2n) is 4.23. The first-order chi connectivity index (χ1) is 8.13. The molecule has 0 unspecified atom stereocenters. The lowest BCUT2D eigenvalue weighted by molar-refractivity contribution is -0.120. The number of H-pyrrole nitrogens is 1. The Kier molecular flexibility index (Phi) is 3.41. The molecule has 6 heteroatoms. The van der Waals surface area contributed by atoms with Crippen LogP contribution < -0.4 is 16.2 Å². The van der Waals surface area contributed by atoms with Crippen LogP contribution in [0.4, 0.5) is 5.82 Å². The van der Waals surface area contributed by atoms with Crippen LogP contribution in [0.3, 0.4) is 0 Å². The molecule has 0 radical (unpaired) electrons. The van der Waals surface area contributed by atoms with Gasteiger partial charge in [-0.1, -0.05) is 0 Å². The predicted octanol–water partition coefficient (Wildman–Crippen LogP) is 0.159. The summed E-state index contributed by atoms with van der Waals surface area (Å²) < 4.78 is 0. The zero-order valence-corrected chi connectivity index (χ0v) is 9.75. The van der Waals surface area contributed by atoms with Crippen LogP contribution in [0.2, 0.25) is 0 Å². The van der Waals surface area contributed by atoms with Gasteiger partial charge in [-0.15, -0.1) is 0 Å². The highest BCUT2D eigenvalue weighted by atomic mass is 16.1. The Labute approximate surface area is 98.8 Å². The van der Waals surface area contributed by atoms with E-state index in [0.29, 0.717) is 30.6 Å². The van der Waals surface area contributed by atoms with Crippen LogP contribution in [0.1, 0.15) is 25.1 Å². The van der Waals surface area contributed by atoms with Gasteiger partial charge in [-0.2, -0.15) is 0 Å². The molecule has 6 nitrogen and oxygen atoms in total. The van der Waals surface area contributed by atoms with Gasteiger partial charge >= 0.3 is 0 Å². The van der Waals surface area contributed by atoms with Crippen LogP contribution >= 0.6 is 0 Å². The molecule has 0 bridgehead atoms. The van der Waals surface area contributed by atoms with E-state index in [1.807, 2.05) is 0 Å². The highest BCUT2D eigenvalue weighted by molar-refractivity contribution is 5.77. The number of aromatic amines is 1. The van der Waals surface area contributed by atoms with Crippen LogP contribution in [-0.2, 0) is 4.79 Å². The molecule has 3 N–H and O–H groups in total. The van der Waals surface area contributed by atoms with Crippen molar-refractivity contribution in [3.8, 4) is 0 Å². The quantitative estimate of drug-likeness (QED) is 0.679. The first-order valence-corrected chi connectivity index (χ1v) is 5.75. The van der Waals surface area contributed by atoms with Gasteiger partial charge in [0.25, 0.3) is 5.56 Å². The smallest absolute Gasteiger partial charge is 0.252 e. The molecule has 92 valence electrons. The third kappa shape index (κ3) is 3.90. The van der Waals surface area contributed by atoms with Gasteiger partial charge in [0.2, 0.25) is 5.91 Å². The summed E-state index contributed by atoms with van der Waals surface area (Å²) in [6, 6.07) is 1.77. The van der Waals surface area contributed by atoms with Gasteiger partial charge in [0.05, 0.1) is 0 Å². The van der Waals surface area contributed by atoms with Gasteiger partial charge in [0.1, 0.15) is 11.6 Å². The molecule has 0 aliphatic heterocycles. The van der Waals surface area contributed by atoms with Gasteiger partial charge in [-0.05, 0) is 19.8 Å². The molecule has 1 aliphatic carbocycles. The van der Waals surface area contributed by atoms with Crippen molar-refractivity contribution >= 4 is 11.7 Å². The molecule has 17 heavy (non-hydrogen) atoms. The normalized spacial score (nSPS) is 14.4. The summed E-state index contributed by atoms with van der Waals surface area (Å²) in [5, 5.41) is 5.85. The summed E-state index contributed by atoms with van der Waals surface area (Å²) in [5.74, 6) is 1.11. The lowest BCUT2D eigenvalue weighted by atomic mass is 10.4. The molecule has 0 aromatic carbocycles. The fourth-order valence-electron chi connectivity index (χ4n) is 1.50. The minimum Gasteiger partial charge on any atom is -0.369 e. The van der Waals surface area contributed by atoms with Crippen molar-refractivity contribution in [2.75, 3.05) is 11.9 Å². The summed E-state index contributed by atoms with van der Waals surface area (Å²) in [5.41, 5.74) is -0.192. The van der Waals surface area contributed by atoms with Gasteiger partial charge in [-0.3, -0.25) is 9.59 Å². The summed E-state index contributed by atoms with van der Waals surface area (Å²) in [4.78, 5) is 29.2. The molecule has 0 saturated heterocycles. The number of nitrogens with zero attached hydrogens (tertiary/aromatic N) is 1. The Morgan fingerprint density at radius 2 is 2.35 bits per heavy atom. The number of carbonyl (C=O) groups is 1. The zero-order valence-electron chi connectivity index (χ0n) is 9.75. The van der Waals surface area contributed by atoms with Crippen LogP contribution in [0.25, 0.3) is 0 Å². The van der Waals surface area contributed by atoms with E-state index in [4.69, 9.17) is 0 Å². The van der Waals surface area contributed by atoms with E-state index in [-0.39, 0.29) is 11.5 Å². The molecule has 0 spiro atoms. The Bertz CT molecular complexity index is 465. The van der Waals surface area contributed by atoms with Crippen molar-refractivity contribution in [1.29, 1.82) is 0 Å². The predicted molar refractivity (Wildman–Crippen MR) is 63.9 cm³/mol. The number of rotatable bonds is 5. The molecule has 1 amide bonds. The molecule has 1 saturated carbocycles. The number of carbonyl (C=O) groups excluding carboxylic acids is 1. The van der Waals surface area contributed by atoms with E-state index in [9.17, 15) is 9.59 Å². The summed E-state index contributed by atoms with van der Waals surface area (Å²) in [7, 11) is 0. The van der Waals surface area contributed by atoms with Gasteiger partial charge in [-0.25, -0.2) is 4.98 Å². The number of anilines is 1. The van der Waals surface area contributed by atoms with Gasteiger partial charge < -0.3 is 15.6 Å². The van der Waals surface area contributed by atoms with E-state index in [2.05, 4.69) is 20.6 Å². The maximum absolute atomic E-state index is 11.4. The van der Waals surface area contributed by atoms with E-state index in [0.717, 1.165) is 12.8 Å². The lowest BCUT2D eigenvalue weighted by Crippen LogP contribution is -2.27. The standard InChI is InChI=1S/C11H16N4O2/c1-7-13-9(6-11(17)14-7)12-5-4-10(16)15-8-2-3-8/h6,8H,2-5H2,1H3,(H,15,16)(H2,12,13,14,17). The molecule has 1 fully saturated rings. The first-order valence-electron chi connectivity index (χ1n) is 5.75. The molecule has 2 rings (SSSR count). The molecule has 1 aromatic heterocycles. The van der Waals surface area contributed by atoms with Crippen molar-refractivity contribution in [3.63, 3.8) is 0 Å². The SMILES string of the molecule is Cc1nc(NCCC(=O)NC2CC2)cc(=O)[nH]1. The summed E-state index contributed by atoms with van der Waals surface area (Å²) in [6.45, 7) is 2.20. The third-order valence-electron chi connectivity index (χ3n) is 2.46. The van der Waals surface area contributed by atoms with Crippen molar-refractivity contribution in [2.45, 2.75) is 32.2 Å². The van der Waals surface area contributed by atoms with Gasteiger partial charge in [0.15, 0.2) is 0 Å². The minimum atomic E-state index is -0.192. The zero-order chi connectivity index (χ0) is 12.3. The van der Waals surface area contributed by atoms with Crippen molar-refractivity contribution < 1.29 is 4.79 Å². The number of hydrogen-bond acceptors (Lipinski definition) is 4. The Morgan fingerprint density at radius 1 is 1.59 bits per heavy atom. The van der Waals surface area contributed by atoms with E-state index in [1.165, 1.54) is 6.07 Å². The topological polar surface area (TPSA) is 86.9 Å². The number of aryl methyl sites for hydroxylation is 1. The monoisotopic (exact) mass is 236 g/mol. The lowest BCUT2D eigenvalue weighted by Gasteiger charge is -2.06. The number of hydrogen-bond donors (Lipinski definition) is 3. The van der Waals surface area contributed by atoms with Crippen molar-refractivity contribution in [1.82, 2.24) is 15.3 Å². The molecule has 1 heterocycles. The highest BCUT2D eigenvalue weighted by Crippen LogP contribution is 2.18. The van der Waals surface area contributed by atoms with Crippen LogP contribution in [-0.4, -0.2) is 28.5 Å². The minimum absolute atomic E-state index is 0.0431. The maximum atomic E-state index is 11.4. The second-order valence-corrected chi connectivity index (χ2v) is 4.23. The first kappa shape index (κ1) is 11.6. The Hall–Kier alpha value is -1.85. The maximum Gasteiger partial charge on any atom is 0.252 e. The fourth-order valence-corrected chi connectivity index (χ4v) is 1.50. The molecule has 0 atom stereocenters. The largest absolute Gasteiger partial charge is 0.369 e. The third-order valence-corrected chi connectivity index (χ3v) is 2.46. The van der Waals surface area contributed by atoms with Crippen LogP contribution in [0.15, 0.2) is 10.9 Å². The molecular formula is C11H16N4O2. The molecular weight excluding hydrogens is 220 g/mol. The van der Waals surface area contributed by atoms with E-state index in [1.54, 1.807) is 6.92 Å². The number of amides is 1. The summed E-state index contributed by atoms with van der Waals surface area (Å²) >= 11 is 0. The molecule has 1 aliphatic rings.